The van der Waals surface area contributed by atoms with Crippen LogP contribution in [0.2, 0.25) is 0 Å². The van der Waals surface area contributed by atoms with Gasteiger partial charge < -0.3 is 10.7 Å². The number of benzene rings is 1. The first-order valence-corrected chi connectivity index (χ1v) is 5.00. The maximum Gasteiger partial charge on any atom is 0.279 e. The van der Waals surface area contributed by atoms with Gasteiger partial charge in [0.25, 0.3) is 5.69 Å². The van der Waals surface area contributed by atoms with Gasteiger partial charge in [-0.1, -0.05) is 6.07 Å². The number of hydrogen-bond donors (Lipinski definition) is 2. The monoisotopic (exact) mass is 232 g/mol. The number of H-pyrrole nitrogens is 1. The molecular formula is C11H10N3O3. The summed E-state index contributed by atoms with van der Waals surface area (Å²) in [5.41, 5.74) is 6.80. The Kier molecular flexibility index (Phi) is 2.88. The summed E-state index contributed by atoms with van der Waals surface area (Å²) < 4.78 is 0. The van der Waals surface area contributed by atoms with Crippen LogP contribution in [-0.2, 0) is 11.2 Å². The second kappa shape index (κ2) is 4.34. The Morgan fingerprint density at radius 1 is 1.53 bits per heavy atom. The molecule has 0 bridgehead atoms. The van der Waals surface area contributed by atoms with Crippen LogP contribution in [0.15, 0.2) is 24.4 Å². The molecule has 1 atom stereocenters. The van der Waals surface area contributed by atoms with Crippen molar-refractivity contribution in [2.75, 3.05) is 0 Å². The molecule has 2 rings (SSSR count). The van der Waals surface area contributed by atoms with Gasteiger partial charge >= 0.3 is 0 Å². The highest BCUT2D eigenvalue weighted by atomic mass is 16.6. The number of nitrogens with zero attached hydrogens (tertiary/aromatic N) is 1. The number of fused-ring (bicyclic) bond motifs is 1. The molecule has 17 heavy (non-hydrogen) atoms. The van der Waals surface area contributed by atoms with Gasteiger partial charge in [-0.05, 0) is 18.1 Å². The van der Waals surface area contributed by atoms with E-state index in [1.165, 1.54) is 6.07 Å². The molecule has 0 aliphatic rings. The van der Waals surface area contributed by atoms with Gasteiger partial charge in [0.15, 0.2) is 0 Å². The topological polar surface area (TPSA) is 102 Å². The third kappa shape index (κ3) is 2.02. The van der Waals surface area contributed by atoms with Crippen LogP contribution in [0.25, 0.3) is 10.9 Å². The van der Waals surface area contributed by atoms with Crippen molar-refractivity contribution in [3.8, 4) is 0 Å². The van der Waals surface area contributed by atoms with Crippen molar-refractivity contribution in [1.82, 2.24) is 4.98 Å². The molecular weight excluding hydrogens is 222 g/mol. The maximum atomic E-state index is 10.9. The number of aromatic amines is 1. The van der Waals surface area contributed by atoms with E-state index < -0.39 is 11.0 Å². The van der Waals surface area contributed by atoms with E-state index >= 15 is 0 Å². The Balaban J connectivity index is 2.57. The maximum absolute atomic E-state index is 10.9. The zero-order valence-corrected chi connectivity index (χ0v) is 8.84. The Hall–Kier alpha value is -2.21. The van der Waals surface area contributed by atoms with Crippen molar-refractivity contribution >= 4 is 22.9 Å². The van der Waals surface area contributed by atoms with Crippen molar-refractivity contribution in [2.24, 2.45) is 5.73 Å². The molecule has 2 aromatic rings. The first-order chi connectivity index (χ1) is 8.13. The number of nitro groups is 1. The molecule has 1 aromatic heterocycles. The summed E-state index contributed by atoms with van der Waals surface area (Å²) in [6.07, 6.45) is 3.52. The SMILES string of the molecule is N[C@H]([C]=O)Cc1c[nH]c2cccc([N+](=O)[O-])c12. The fraction of sp³-hybridized carbons (Fsp3) is 0.182. The standard InChI is InChI=1S/C11H10N3O3/c12-8(6-15)4-7-5-13-9-2-1-3-10(11(7)9)14(16)17/h1-3,5,8,13H,4,12H2/t8-/m0/s1. The van der Waals surface area contributed by atoms with Crippen LogP contribution in [0, 0.1) is 10.1 Å². The van der Waals surface area contributed by atoms with Gasteiger partial charge in [-0.2, -0.15) is 0 Å². The van der Waals surface area contributed by atoms with Gasteiger partial charge in [0, 0.05) is 12.3 Å². The van der Waals surface area contributed by atoms with E-state index in [4.69, 9.17) is 5.73 Å². The molecule has 0 spiro atoms. The van der Waals surface area contributed by atoms with E-state index in [0.717, 1.165) is 0 Å². The lowest BCUT2D eigenvalue weighted by atomic mass is 10.1. The molecule has 1 heterocycles. The molecule has 6 nitrogen and oxygen atoms in total. The number of nitrogens with two attached hydrogens (primary N) is 1. The smallest absolute Gasteiger partial charge is 0.279 e. The molecule has 0 fully saturated rings. The second-order valence-electron chi connectivity index (χ2n) is 3.70. The van der Waals surface area contributed by atoms with Crippen LogP contribution >= 0.6 is 0 Å². The summed E-state index contributed by atoms with van der Waals surface area (Å²) in [7, 11) is 0. The lowest BCUT2D eigenvalue weighted by Crippen LogP contribution is -2.23. The van der Waals surface area contributed by atoms with Crippen molar-refractivity contribution in [3.63, 3.8) is 0 Å². The lowest BCUT2D eigenvalue weighted by molar-refractivity contribution is -0.383. The predicted molar refractivity (Wildman–Crippen MR) is 62.3 cm³/mol. The molecule has 6 heteroatoms. The third-order valence-electron chi connectivity index (χ3n) is 2.55. The largest absolute Gasteiger partial charge is 0.361 e. The fourth-order valence-corrected chi connectivity index (χ4v) is 1.83. The molecule has 0 amide bonds. The number of aromatic nitrogens is 1. The zero-order chi connectivity index (χ0) is 12.4. The lowest BCUT2D eigenvalue weighted by Gasteiger charge is -2.01. The van der Waals surface area contributed by atoms with E-state index in [0.29, 0.717) is 16.5 Å². The highest BCUT2D eigenvalue weighted by molar-refractivity contribution is 5.92. The van der Waals surface area contributed by atoms with Gasteiger partial charge in [-0.15, -0.1) is 0 Å². The number of nitrogens with one attached hydrogen (secondary N) is 1. The van der Waals surface area contributed by atoms with Gasteiger partial charge in [-0.3, -0.25) is 14.9 Å². The summed E-state index contributed by atoms with van der Waals surface area (Å²) >= 11 is 0. The molecule has 87 valence electrons. The minimum Gasteiger partial charge on any atom is -0.361 e. The van der Waals surface area contributed by atoms with Gasteiger partial charge in [0.1, 0.15) is 0 Å². The van der Waals surface area contributed by atoms with Crippen LogP contribution in [0.3, 0.4) is 0 Å². The predicted octanol–water partition coefficient (Wildman–Crippen LogP) is 1.06. The highest BCUT2D eigenvalue weighted by Crippen LogP contribution is 2.28. The van der Waals surface area contributed by atoms with Crippen LogP contribution in [0.5, 0.6) is 0 Å². The zero-order valence-electron chi connectivity index (χ0n) is 8.84. The average Bonchev–Trinajstić information content (AvgIpc) is 2.72. The summed E-state index contributed by atoms with van der Waals surface area (Å²) in [6.45, 7) is 0. The number of hydrogen-bond acceptors (Lipinski definition) is 4. The molecule has 0 unspecified atom stereocenters. The molecule has 1 aromatic carbocycles. The minimum absolute atomic E-state index is 0.0110. The van der Waals surface area contributed by atoms with E-state index in [-0.39, 0.29) is 12.1 Å². The van der Waals surface area contributed by atoms with Crippen molar-refractivity contribution < 1.29 is 9.72 Å². The minimum atomic E-state index is -0.770. The number of carbonyl (C=O) groups excluding carboxylic acids is 1. The molecule has 3 N–H and O–H groups in total. The first kappa shape index (κ1) is 11.3. The van der Waals surface area contributed by atoms with Gasteiger partial charge in [-0.25, -0.2) is 0 Å². The molecule has 0 aliphatic carbocycles. The van der Waals surface area contributed by atoms with E-state index in [1.807, 2.05) is 0 Å². The first-order valence-electron chi connectivity index (χ1n) is 5.00. The van der Waals surface area contributed by atoms with E-state index in [9.17, 15) is 14.9 Å². The summed E-state index contributed by atoms with van der Waals surface area (Å²) in [4.78, 5) is 23.8. The van der Waals surface area contributed by atoms with Crippen molar-refractivity contribution in [2.45, 2.75) is 12.5 Å². The van der Waals surface area contributed by atoms with E-state index in [1.54, 1.807) is 24.6 Å². The highest BCUT2D eigenvalue weighted by Gasteiger charge is 2.17. The molecule has 0 aliphatic heterocycles. The van der Waals surface area contributed by atoms with Crippen molar-refractivity contribution in [1.29, 1.82) is 0 Å². The third-order valence-corrected chi connectivity index (χ3v) is 2.55. The Bertz CT molecular complexity index is 576. The van der Waals surface area contributed by atoms with Gasteiger partial charge in [0.2, 0.25) is 6.29 Å². The Labute approximate surface area is 96.6 Å². The number of nitro benzene ring substituents is 1. The van der Waals surface area contributed by atoms with Crippen LogP contribution in [-0.4, -0.2) is 22.2 Å². The van der Waals surface area contributed by atoms with Crippen LogP contribution < -0.4 is 5.73 Å². The number of non-ortho nitro benzene ring substituents is 1. The number of rotatable bonds is 4. The molecule has 0 saturated heterocycles. The average molecular weight is 232 g/mol. The van der Waals surface area contributed by atoms with Crippen molar-refractivity contribution in [3.05, 3.63) is 40.1 Å². The molecule has 1 radical (unpaired) electrons. The van der Waals surface area contributed by atoms with Crippen LogP contribution in [0.1, 0.15) is 5.56 Å². The van der Waals surface area contributed by atoms with E-state index in [2.05, 4.69) is 4.98 Å². The summed E-state index contributed by atoms with van der Waals surface area (Å²) in [6, 6.07) is 4.00. The quantitative estimate of drug-likeness (QED) is 0.607. The fourth-order valence-electron chi connectivity index (χ4n) is 1.83. The second-order valence-corrected chi connectivity index (χ2v) is 3.70. The Morgan fingerprint density at radius 3 is 2.94 bits per heavy atom. The van der Waals surface area contributed by atoms with Crippen LogP contribution in [0.4, 0.5) is 5.69 Å². The Morgan fingerprint density at radius 2 is 2.29 bits per heavy atom. The summed E-state index contributed by atoms with van der Waals surface area (Å²) in [5.74, 6) is 0. The molecule has 0 saturated carbocycles. The summed E-state index contributed by atoms with van der Waals surface area (Å²) in [5, 5.41) is 11.4. The normalized spacial score (nSPS) is 12.5. The van der Waals surface area contributed by atoms with Gasteiger partial charge in [0.05, 0.1) is 21.9 Å².